The van der Waals surface area contributed by atoms with E-state index in [2.05, 4.69) is 0 Å². The Kier molecular flexibility index (Phi) is 8.95. The predicted octanol–water partition coefficient (Wildman–Crippen LogP) is 7.58. The highest BCUT2D eigenvalue weighted by Crippen LogP contribution is 2.40. The van der Waals surface area contributed by atoms with Gasteiger partial charge < -0.3 is 29.2 Å². The number of carbonyl (C=O) groups excluding carboxylic acids is 2. The Bertz CT molecular complexity index is 1710. The van der Waals surface area contributed by atoms with E-state index in [0.717, 1.165) is 5.56 Å². The first-order valence-corrected chi connectivity index (χ1v) is 14.1. The van der Waals surface area contributed by atoms with Crippen LogP contribution in [-0.2, 0) is 0 Å². The van der Waals surface area contributed by atoms with Gasteiger partial charge in [0, 0.05) is 5.56 Å². The van der Waals surface area contributed by atoms with Crippen molar-refractivity contribution in [3.8, 4) is 34.5 Å². The number of hydrogen-bond donors (Lipinski definition) is 2. The van der Waals surface area contributed by atoms with E-state index in [1.807, 2.05) is 58.9 Å². The van der Waals surface area contributed by atoms with Crippen LogP contribution in [0.3, 0.4) is 0 Å². The van der Waals surface area contributed by atoms with Crippen molar-refractivity contribution < 1.29 is 38.7 Å². The summed E-state index contributed by atoms with van der Waals surface area (Å²) in [6.45, 7) is 11.1. The number of ether oxygens (including phenoxy) is 4. The van der Waals surface area contributed by atoms with E-state index in [4.69, 9.17) is 18.9 Å². The molecule has 2 aliphatic heterocycles. The molecule has 0 spiro atoms. The Morgan fingerprint density at radius 3 is 1.77 bits per heavy atom. The summed E-state index contributed by atoms with van der Waals surface area (Å²) in [5, 5.41) is 20.5. The first kappa shape index (κ1) is 31.9. The molecule has 230 valence electrons. The number of aryl methyl sites for hydroxylation is 1. The molecule has 0 aliphatic carbocycles. The lowest BCUT2D eigenvalue weighted by Gasteiger charge is -2.28. The fraction of sp³-hybridized carbons (Fsp3) is 0.278. The summed E-state index contributed by atoms with van der Waals surface area (Å²) in [6, 6.07) is 10.2. The molecule has 0 saturated carbocycles. The molecule has 8 nitrogen and oxygen atoms in total. The van der Waals surface area contributed by atoms with Gasteiger partial charge in [-0.2, -0.15) is 0 Å². The van der Waals surface area contributed by atoms with E-state index in [0.29, 0.717) is 45.3 Å². The molecule has 0 bridgehead atoms. The number of Topliss-reactive ketones (excluding diaryl/α,β-unsaturated/α-hetero) is 1. The average Bonchev–Trinajstić information content (AvgIpc) is 2.95. The highest BCUT2D eigenvalue weighted by molar-refractivity contribution is 6.09. The molecule has 0 fully saturated rings. The second kappa shape index (κ2) is 12.3. The number of methoxy groups -OCH3 is 2. The standard InChI is InChI=1S/C23H24O5.C13H14O3/c1-14-12-21(27-5)15(13-20(14)26-4)6-8-18(24)16-7-9-19-17(22(16)25)10-11-23(2,3)28-19;1-8(14)9-4-5-11-10(12(9)15)6-7-13(2,3)16-11/h6-13,25H,1-5H3;4-7,15H,1-3H3/b8-6+;. The molecule has 8 heteroatoms. The average molecular weight is 599 g/mol. The number of hydrogen-bond acceptors (Lipinski definition) is 8. The van der Waals surface area contributed by atoms with Gasteiger partial charge in [0.1, 0.15) is 45.7 Å². The Morgan fingerprint density at radius 2 is 1.27 bits per heavy atom. The lowest BCUT2D eigenvalue weighted by atomic mass is 9.98. The van der Waals surface area contributed by atoms with E-state index in [9.17, 15) is 19.8 Å². The molecule has 0 aromatic heterocycles. The van der Waals surface area contributed by atoms with Crippen LogP contribution >= 0.6 is 0 Å². The minimum atomic E-state index is -0.452. The summed E-state index contributed by atoms with van der Waals surface area (Å²) >= 11 is 0. The molecule has 0 saturated heterocycles. The normalized spacial score (nSPS) is 15.2. The minimum absolute atomic E-state index is 0.00301. The van der Waals surface area contributed by atoms with Crippen molar-refractivity contribution in [3.05, 3.63) is 88.0 Å². The number of carbonyl (C=O) groups is 2. The van der Waals surface area contributed by atoms with Gasteiger partial charge in [0.25, 0.3) is 0 Å². The first-order chi connectivity index (χ1) is 20.7. The molecule has 44 heavy (non-hydrogen) atoms. The maximum Gasteiger partial charge on any atom is 0.189 e. The summed E-state index contributed by atoms with van der Waals surface area (Å²) in [5.41, 5.74) is 2.43. The lowest BCUT2D eigenvalue weighted by Crippen LogP contribution is -2.27. The minimum Gasteiger partial charge on any atom is -0.506 e. The van der Waals surface area contributed by atoms with Crippen molar-refractivity contribution in [2.24, 2.45) is 0 Å². The summed E-state index contributed by atoms with van der Waals surface area (Å²) in [4.78, 5) is 23.9. The van der Waals surface area contributed by atoms with Crippen molar-refractivity contribution in [2.75, 3.05) is 14.2 Å². The fourth-order valence-corrected chi connectivity index (χ4v) is 4.82. The molecular formula is C36H38O8. The Labute approximate surface area is 257 Å². The lowest BCUT2D eigenvalue weighted by molar-refractivity contribution is 0.101. The SMILES string of the molecule is CC(=O)c1ccc2c(c1O)C=CC(C)(C)O2.COc1cc(/C=C/C(=O)c2ccc3c(c2O)C=CC(C)(C)O3)c(OC)cc1C. The van der Waals surface area contributed by atoms with E-state index >= 15 is 0 Å². The van der Waals surface area contributed by atoms with E-state index in [1.165, 1.54) is 13.0 Å². The second-order valence-electron chi connectivity index (χ2n) is 11.6. The molecule has 2 aliphatic rings. The van der Waals surface area contributed by atoms with Crippen molar-refractivity contribution >= 4 is 29.8 Å². The zero-order valence-electron chi connectivity index (χ0n) is 26.3. The van der Waals surface area contributed by atoms with Gasteiger partial charge in [-0.3, -0.25) is 9.59 Å². The van der Waals surface area contributed by atoms with Crippen molar-refractivity contribution in [1.29, 1.82) is 0 Å². The van der Waals surface area contributed by atoms with Gasteiger partial charge >= 0.3 is 0 Å². The van der Waals surface area contributed by atoms with Crippen LogP contribution in [0, 0.1) is 6.92 Å². The molecule has 5 rings (SSSR count). The van der Waals surface area contributed by atoms with Gasteiger partial charge in [0.05, 0.1) is 36.5 Å². The maximum absolute atomic E-state index is 12.7. The van der Waals surface area contributed by atoms with Crippen LogP contribution in [0.4, 0.5) is 0 Å². The number of benzene rings is 3. The fourth-order valence-electron chi connectivity index (χ4n) is 4.82. The largest absolute Gasteiger partial charge is 0.506 e. The number of fused-ring (bicyclic) bond motifs is 2. The Morgan fingerprint density at radius 1 is 0.773 bits per heavy atom. The van der Waals surface area contributed by atoms with Crippen molar-refractivity contribution in [2.45, 2.75) is 52.7 Å². The number of aromatic hydroxyl groups is 2. The monoisotopic (exact) mass is 598 g/mol. The summed E-state index contributed by atoms with van der Waals surface area (Å²) < 4.78 is 22.2. The van der Waals surface area contributed by atoms with Crippen LogP contribution < -0.4 is 18.9 Å². The van der Waals surface area contributed by atoms with E-state index in [1.54, 1.807) is 56.7 Å². The van der Waals surface area contributed by atoms with Gasteiger partial charge in [-0.25, -0.2) is 0 Å². The van der Waals surface area contributed by atoms with Gasteiger partial charge in [0.15, 0.2) is 11.6 Å². The number of phenolic OH excluding ortho intramolecular Hbond substituents is 2. The van der Waals surface area contributed by atoms with Crippen LogP contribution in [0.15, 0.2) is 54.6 Å². The van der Waals surface area contributed by atoms with Crippen LogP contribution in [-0.4, -0.2) is 47.2 Å². The Hall–Kier alpha value is -4.98. The summed E-state index contributed by atoms with van der Waals surface area (Å²) in [5.74, 6) is 1.93. The second-order valence-corrected chi connectivity index (χ2v) is 11.6. The molecule has 2 N–H and O–H groups in total. The van der Waals surface area contributed by atoms with E-state index in [-0.39, 0.29) is 34.2 Å². The zero-order chi connectivity index (χ0) is 32.4. The van der Waals surface area contributed by atoms with Crippen LogP contribution in [0.5, 0.6) is 34.5 Å². The molecule has 3 aromatic rings. The molecule has 0 unspecified atom stereocenters. The molecular weight excluding hydrogens is 560 g/mol. The number of phenols is 2. The first-order valence-electron chi connectivity index (χ1n) is 14.1. The molecule has 0 atom stereocenters. The number of ketones is 2. The highest BCUT2D eigenvalue weighted by atomic mass is 16.5. The third-order valence-corrected chi connectivity index (χ3v) is 7.21. The predicted molar refractivity (Wildman–Crippen MR) is 171 cm³/mol. The van der Waals surface area contributed by atoms with Crippen LogP contribution in [0.25, 0.3) is 18.2 Å². The maximum atomic E-state index is 12.7. The van der Waals surface area contributed by atoms with Gasteiger partial charge in [-0.1, -0.05) is 0 Å². The van der Waals surface area contributed by atoms with Gasteiger partial charge in [0.2, 0.25) is 0 Å². The number of rotatable bonds is 6. The third-order valence-electron chi connectivity index (χ3n) is 7.21. The van der Waals surface area contributed by atoms with Crippen LogP contribution in [0.2, 0.25) is 0 Å². The van der Waals surface area contributed by atoms with Crippen LogP contribution in [0.1, 0.15) is 77.6 Å². The van der Waals surface area contributed by atoms with Gasteiger partial charge in [-0.05, 0) is 120 Å². The molecule has 0 radical (unpaired) electrons. The smallest absolute Gasteiger partial charge is 0.189 e. The molecule has 3 aromatic carbocycles. The summed E-state index contributed by atoms with van der Waals surface area (Å²) in [6.07, 6.45) is 10.3. The third kappa shape index (κ3) is 6.80. The van der Waals surface area contributed by atoms with Crippen molar-refractivity contribution in [1.82, 2.24) is 0 Å². The molecule has 0 amide bonds. The van der Waals surface area contributed by atoms with Gasteiger partial charge in [-0.15, -0.1) is 0 Å². The summed E-state index contributed by atoms with van der Waals surface area (Å²) in [7, 11) is 3.17. The van der Waals surface area contributed by atoms with Crippen molar-refractivity contribution in [3.63, 3.8) is 0 Å². The molecule has 2 heterocycles. The zero-order valence-corrected chi connectivity index (χ0v) is 26.3. The number of allylic oxidation sites excluding steroid dienone is 1. The quantitative estimate of drug-likeness (QED) is 0.221. The highest BCUT2D eigenvalue weighted by Gasteiger charge is 2.26. The topological polar surface area (TPSA) is 112 Å². The van der Waals surface area contributed by atoms with E-state index < -0.39 is 5.60 Å². The Balaban J connectivity index is 0.000000233.